The Morgan fingerprint density at radius 3 is 1.85 bits per heavy atom. The van der Waals surface area contributed by atoms with E-state index in [1.54, 1.807) is 0 Å². The largest absolute Gasteiger partial charge is 0.456 e. The number of benzene rings is 8. The second kappa shape index (κ2) is 12.7. The first-order valence-corrected chi connectivity index (χ1v) is 20.0. The van der Waals surface area contributed by atoms with E-state index in [1.165, 1.54) is 33.4 Å². The van der Waals surface area contributed by atoms with Crippen molar-refractivity contribution in [3.8, 4) is 67.5 Å². The van der Waals surface area contributed by atoms with Crippen LogP contribution in [0.4, 0.5) is 0 Å². The molecule has 8 aromatic carbocycles. The molecule has 0 fully saturated rings. The van der Waals surface area contributed by atoms with Crippen molar-refractivity contribution in [2.75, 3.05) is 0 Å². The highest BCUT2D eigenvalue weighted by molar-refractivity contribution is 6.13. The molecular formula is C54H35N3O2. The standard InChI is InChI=1S/C54H35N3O2/c1-54(2)44-22-8-6-15-37(44)39-18-10-17-36(49(39)54)33-27-25-32(26-28-33)35-29-30-46-43(31-35)48-41(20-12-24-47(48)58-46)52-55-51(34-13-4-3-5-14-34)56-53(57-52)42-21-11-19-40-38-16-7-9-23-45(38)59-50(40)42/h3-31H,1-2H3. The number of para-hydroxylation sites is 2. The normalized spacial score (nSPS) is 13.1. The van der Waals surface area contributed by atoms with E-state index >= 15 is 0 Å². The maximum Gasteiger partial charge on any atom is 0.167 e. The van der Waals surface area contributed by atoms with Crippen molar-refractivity contribution in [1.82, 2.24) is 15.0 Å². The molecule has 3 heterocycles. The van der Waals surface area contributed by atoms with E-state index in [2.05, 4.69) is 117 Å². The van der Waals surface area contributed by atoms with E-state index in [0.29, 0.717) is 17.5 Å². The SMILES string of the molecule is CC1(C)c2ccccc2-c2cccc(-c3ccc(-c4ccc5oc6cccc(-c7nc(-c8ccccc8)nc(-c8cccc9c8oc8ccccc89)n7)c6c5c4)cc3)c21. The molecule has 1 aliphatic carbocycles. The van der Waals surface area contributed by atoms with Crippen LogP contribution in [0.15, 0.2) is 185 Å². The molecule has 0 amide bonds. The summed E-state index contributed by atoms with van der Waals surface area (Å²) in [5.41, 5.74) is 15.8. The number of hydrogen-bond donors (Lipinski definition) is 0. The molecule has 0 saturated carbocycles. The van der Waals surface area contributed by atoms with Gasteiger partial charge in [-0.3, -0.25) is 0 Å². The van der Waals surface area contributed by atoms with Crippen LogP contribution in [0.1, 0.15) is 25.0 Å². The lowest BCUT2D eigenvalue weighted by atomic mass is 9.79. The summed E-state index contributed by atoms with van der Waals surface area (Å²) in [6, 6.07) is 61.4. The highest BCUT2D eigenvalue weighted by Gasteiger charge is 2.37. The van der Waals surface area contributed by atoms with Gasteiger partial charge in [0.1, 0.15) is 22.3 Å². The van der Waals surface area contributed by atoms with Gasteiger partial charge in [-0.25, -0.2) is 15.0 Å². The molecule has 5 nitrogen and oxygen atoms in total. The van der Waals surface area contributed by atoms with Gasteiger partial charge in [0, 0.05) is 38.1 Å². The van der Waals surface area contributed by atoms with Crippen molar-refractivity contribution in [2.45, 2.75) is 19.3 Å². The smallest absolute Gasteiger partial charge is 0.167 e. The zero-order valence-corrected chi connectivity index (χ0v) is 32.4. The van der Waals surface area contributed by atoms with Gasteiger partial charge in [-0.2, -0.15) is 0 Å². The number of fused-ring (bicyclic) bond motifs is 9. The van der Waals surface area contributed by atoms with E-state index in [-0.39, 0.29) is 5.41 Å². The van der Waals surface area contributed by atoms with Crippen LogP contribution in [0, 0.1) is 0 Å². The summed E-state index contributed by atoms with van der Waals surface area (Å²) < 4.78 is 13.0. The Labute approximate surface area is 340 Å². The zero-order chi connectivity index (χ0) is 39.2. The lowest BCUT2D eigenvalue weighted by Gasteiger charge is -2.24. The first-order chi connectivity index (χ1) is 29.0. The molecule has 0 N–H and O–H groups in total. The molecule has 0 saturated heterocycles. The summed E-state index contributed by atoms with van der Waals surface area (Å²) >= 11 is 0. The Hall–Kier alpha value is -7.63. The van der Waals surface area contributed by atoms with E-state index in [9.17, 15) is 0 Å². The molecule has 0 aliphatic heterocycles. The number of rotatable bonds is 5. The first-order valence-electron chi connectivity index (χ1n) is 20.0. The highest BCUT2D eigenvalue weighted by Crippen LogP contribution is 2.52. The summed E-state index contributed by atoms with van der Waals surface area (Å²) in [5, 5.41) is 4.04. The Morgan fingerprint density at radius 1 is 0.373 bits per heavy atom. The maximum atomic E-state index is 6.51. The second-order valence-electron chi connectivity index (χ2n) is 15.9. The Kier molecular flexibility index (Phi) is 7.20. The van der Waals surface area contributed by atoms with E-state index in [0.717, 1.165) is 71.7 Å². The van der Waals surface area contributed by atoms with Crippen LogP contribution in [0.2, 0.25) is 0 Å². The van der Waals surface area contributed by atoms with Gasteiger partial charge < -0.3 is 8.83 Å². The Balaban J connectivity index is 0.988. The summed E-state index contributed by atoms with van der Waals surface area (Å²) in [7, 11) is 0. The third kappa shape index (κ3) is 5.14. The van der Waals surface area contributed by atoms with Crippen LogP contribution < -0.4 is 0 Å². The Bertz CT molecular complexity index is 3470. The van der Waals surface area contributed by atoms with Crippen LogP contribution in [-0.4, -0.2) is 15.0 Å². The fourth-order valence-electron chi connectivity index (χ4n) is 9.38. The summed E-state index contributed by atoms with van der Waals surface area (Å²) in [6.45, 7) is 4.69. The van der Waals surface area contributed by atoms with Crippen molar-refractivity contribution >= 4 is 43.9 Å². The molecular weight excluding hydrogens is 723 g/mol. The van der Waals surface area contributed by atoms with Crippen molar-refractivity contribution in [1.29, 1.82) is 0 Å². The fraction of sp³-hybridized carbons (Fsp3) is 0.0556. The molecule has 1 aliphatic rings. The number of nitrogens with zero attached hydrogens (tertiary/aromatic N) is 3. The van der Waals surface area contributed by atoms with Gasteiger partial charge in [-0.05, 0) is 74.8 Å². The molecule has 0 bridgehead atoms. The van der Waals surface area contributed by atoms with Gasteiger partial charge in [-0.15, -0.1) is 0 Å². The van der Waals surface area contributed by atoms with Gasteiger partial charge in [0.25, 0.3) is 0 Å². The summed E-state index contributed by atoms with van der Waals surface area (Å²) in [6.07, 6.45) is 0. The molecule has 12 rings (SSSR count). The van der Waals surface area contributed by atoms with Crippen molar-refractivity contribution < 1.29 is 8.83 Å². The van der Waals surface area contributed by atoms with Gasteiger partial charge in [0.15, 0.2) is 17.5 Å². The lowest BCUT2D eigenvalue weighted by Crippen LogP contribution is -2.16. The summed E-state index contributed by atoms with van der Waals surface area (Å²) in [4.78, 5) is 15.4. The highest BCUT2D eigenvalue weighted by atomic mass is 16.3. The minimum atomic E-state index is -0.0891. The molecule has 0 atom stereocenters. The molecule has 3 aromatic heterocycles. The topological polar surface area (TPSA) is 65.0 Å². The Morgan fingerprint density at radius 2 is 0.966 bits per heavy atom. The van der Waals surface area contributed by atoms with Gasteiger partial charge in [0.2, 0.25) is 0 Å². The minimum absolute atomic E-state index is 0.0891. The van der Waals surface area contributed by atoms with Crippen molar-refractivity contribution in [3.05, 3.63) is 187 Å². The maximum absolute atomic E-state index is 6.51. The number of hydrogen-bond acceptors (Lipinski definition) is 5. The van der Waals surface area contributed by atoms with Crippen LogP contribution in [0.25, 0.3) is 111 Å². The van der Waals surface area contributed by atoms with Crippen molar-refractivity contribution in [2.24, 2.45) is 0 Å². The fourth-order valence-corrected chi connectivity index (χ4v) is 9.38. The third-order valence-electron chi connectivity index (χ3n) is 12.2. The van der Waals surface area contributed by atoms with Crippen LogP contribution in [0.5, 0.6) is 0 Å². The molecule has 0 radical (unpaired) electrons. The average Bonchev–Trinajstić information content (AvgIpc) is 3.94. The number of furan rings is 2. The molecule has 59 heavy (non-hydrogen) atoms. The van der Waals surface area contributed by atoms with Gasteiger partial charge >= 0.3 is 0 Å². The van der Waals surface area contributed by atoms with E-state index in [4.69, 9.17) is 23.8 Å². The predicted molar refractivity (Wildman–Crippen MR) is 239 cm³/mol. The minimum Gasteiger partial charge on any atom is -0.456 e. The molecule has 278 valence electrons. The quantitative estimate of drug-likeness (QED) is 0.175. The van der Waals surface area contributed by atoms with E-state index in [1.807, 2.05) is 72.8 Å². The third-order valence-corrected chi connectivity index (χ3v) is 12.2. The molecule has 11 aromatic rings. The molecule has 0 unspecified atom stereocenters. The second-order valence-corrected chi connectivity index (χ2v) is 15.9. The molecule has 5 heteroatoms. The van der Waals surface area contributed by atoms with Gasteiger partial charge in [0.05, 0.1) is 5.56 Å². The van der Waals surface area contributed by atoms with Crippen LogP contribution in [-0.2, 0) is 5.41 Å². The number of aromatic nitrogens is 3. The summed E-state index contributed by atoms with van der Waals surface area (Å²) in [5.74, 6) is 1.69. The van der Waals surface area contributed by atoms with Gasteiger partial charge in [-0.1, -0.05) is 159 Å². The lowest BCUT2D eigenvalue weighted by molar-refractivity contribution is 0.662. The van der Waals surface area contributed by atoms with Crippen LogP contribution in [0.3, 0.4) is 0 Å². The average molecular weight is 758 g/mol. The first kappa shape index (κ1) is 33.5. The monoisotopic (exact) mass is 757 g/mol. The van der Waals surface area contributed by atoms with Crippen LogP contribution >= 0.6 is 0 Å². The van der Waals surface area contributed by atoms with Crippen molar-refractivity contribution in [3.63, 3.8) is 0 Å². The van der Waals surface area contributed by atoms with E-state index < -0.39 is 0 Å². The molecule has 0 spiro atoms. The predicted octanol–water partition coefficient (Wildman–Crippen LogP) is 14.3. The zero-order valence-electron chi connectivity index (χ0n) is 32.4.